The van der Waals surface area contributed by atoms with Crippen LogP contribution in [0.5, 0.6) is 11.5 Å². The summed E-state index contributed by atoms with van der Waals surface area (Å²) >= 11 is 0. The Morgan fingerprint density at radius 1 is 1.12 bits per heavy atom. The third-order valence-corrected chi connectivity index (χ3v) is 3.71. The second kappa shape index (κ2) is 6.62. The van der Waals surface area contributed by atoms with Gasteiger partial charge in [0.15, 0.2) is 12.3 Å². The number of rotatable bonds is 4. The van der Waals surface area contributed by atoms with Crippen LogP contribution in [0.15, 0.2) is 54.9 Å². The summed E-state index contributed by atoms with van der Waals surface area (Å²) in [5.74, 6) is 1.20. The molecule has 0 aliphatic heterocycles. The van der Waals surface area contributed by atoms with Crippen molar-refractivity contribution in [3.63, 3.8) is 0 Å². The molecule has 124 valence electrons. The second-order valence-corrected chi connectivity index (χ2v) is 5.67. The van der Waals surface area contributed by atoms with E-state index in [9.17, 15) is 4.79 Å². The van der Waals surface area contributed by atoms with Gasteiger partial charge >= 0.3 is 6.09 Å². The summed E-state index contributed by atoms with van der Waals surface area (Å²) in [6.07, 6.45) is 3.64. The molecule has 2 heterocycles. The van der Waals surface area contributed by atoms with Gasteiger partial charge in [0.1, 0.15) is 17.7 Å². The van der Waals surface area contributed by atoms with Gasteiger partial charge in [-0.25, -0.2) is 13.8 Å². The molecule has 0 saturated heterocycles. The Morgan fingerprint density at radius 3 is 2.50 bits per heavy atom. The molecule has 3 aromatic rings. The van der Waals surface area contributed by atoms with E-state index in [4.69, 9.17) is 9.47 Å². The maximum atomic E-state index is 11.5. The van der Waals surface area contributed by atoms with Crippen LogP contribution in [-0.2, 0) is 13.7 Å². The van der Waals surface area contributed by atoms with Crippen molar-refractivity contribution in [3.8, 4) is 11.5 Å². The van der Waals surface area contributed by atoms with Crippen LogP contribution in [-0.4, -0.2) is 29.7 Å². The minimum Gasteiger partial charge on any atom is -0.485 e. The van der Waals surface area contributed by atoms with Crippen LogP contribution in [0.2, 0.25) is 0 Å². The monoisotopic (exact) mass is 326 g/mol. The lowest BCUT2D eigenvalue weighted by molar-refractivity contribution is -0.511. The standard InChI is InChI=1S/C18H20N3O3/c1-19(2)18(22)24-16-9-7-15(8-10-16)23-13-14-12-21-11-5-4-6-17(21)20(14)3/h4-12H,13H2,1-3H3/q+1. The molecule has 6 heteroatoms. The van der Waals surface area contributed by atoms with Gasteiger partial charge in [0.25, 0.3) is 5.65 Å². The van der Waals surface area contributed by atoms with Gasteiger partial charge in [-0.15, -0.1) is 0 Å². The maximum Gasteiger partial charge on any atom is 0.414 e. The zero-order valence-corrected chi connectivity index (χ0v) is 14.0. The highest BCUT2D eigenvalue weighted by molar-refractivity contribution is 5.69. The molecule has 0 bridgehead atoms. The number of nitrogens with zero attached hydrogens (tertiary/aromatic N) is 3. The summed E-state index contributed by atoms with van der Waals surface area (Å²) in [7, 11) is 5.29. The highest BCUT2D eigenvalue weighted by atomic mass is 16.6. The minimum atomic E-state index is -0.406. The van der Waals surface area contributed by atoms with E-state index in [-0.39, 0.29) is 0 Å². The minimum absolute atomic E-state index is 0.406. The number of pyridine rings is 1. The maximum absolute atomic E-state index is 11.5. The van der Waals surface area contributed by atoms with E-state index in [2.05, 4.69) is 15.0 Å². The lowest BCUT2D eigenvalue weighted by Gasteiger charge is -2.11. The van der Waals surface area contributed by atoms with Gasteiger partial charge in [0.2, 0.25) is 0 Å². The molecule has 0 spiro atoms. The molecule has 0 aliphatic carbocycles. The first-order valence-corrected chi connectivity index (χ1v) is 7.61. The van der Waals surface area contributed by atoms with E-state index in [1.165, 1.54) is 4.90 Å². The first-order valence-electron chi connectivity index (χ1n) is 7.61. The molecule has 2 aromatic heterocycles. The molecule has 0 N–H and O–H groups in total. The number of benzene rings is 1. The second-order valence-electron chi connectivity index (χ2n) is 5.67. The van der Waals surface area contributed by atoms with Crippen LogP contribution in [0.1, 0.15) is 5.69 Å². The SMILES string of the molecule is CN(C)C(=O)Oc1ccc(OCc2c[n+]3ccccc3n2C)cc1. The van der Waals surface area contributed by atoms with Crippen LogP contribution in [0.25, 0.3) is 5.65 Å². The summed E-state index contributed by atoms with van der Waals surface area (Å²) in [5.41, 5.74) is 2.16. The van der Waals surface area contributed by atoms with E-state index < -0.39 is 6.09 Å². The molecule has 0 aliphatic rings. The van der Waals surface area contributed by atoms with Crippen molar-refractivity contribution in [1.82, 2.24) is 9.47 Å². The number of carbonyl (C=O) groups is 1. The summed E-state index contributed by atoms with van der Waals surface area (Å²) < 4.78 is 15.1. The van der Waals surface area contributed by atoms with Crippen LogP contribution < -0.4 is 13.9 Å². The number of hydrogen-bond acceptors (Lipinski definition) is 3. The first kappa shape index (κ1) is 15.9. The Hall–Kier alpha value is -3.02. The molecule has 0 fully saturated rings. The summed E-state index contributed by atoms with van der Waals surface area (Å²) in [5, 5.41) is 0. The highest BCUT2D eigenvalue weighted by Crippen LogP contribution is 2.19. The smallest absolute Gasteiger partial charge is 0.414 e. The molecule has 1 aromatic carbocycles. The third-order valence-electron chi connectivity index (χ3n) is 3.71. The van der Waals surface area contributed by atoms with Crippen molar-refractivity contribution < 1.29 is 18.7 Å². The van der Waals surface area contributed by atoms with Crippen molar-refractivity contribution in [3.05, 3.63) is 60.6 Å². The molecular formula is C18H20N3O3+. The number of fused-ring (bicyclic) bond motifs is 1. The molecular weight excluding hydrogens is 306 g/mol. The third kappa shape index (κ3) is 3.32. The molecule has 24 heavy (non-hydrogen) atoms. The van der Waals surface area contributed by atoms with Gasteiger partial charge in [-0.1, -0.05) is 6.07 Å². The van der Waals surface area contributed by atoms with Gasteiger partial charge in [-0.3, -0.25) is 0 Å². The van der Waals surface area contributed by atoms with Crippen LogP contribution >= 0.6 is 0 Å². The molecule has 3 rings (SSSR count). The van der Waals surface area contributed by atoms with E-state index in [1.807, 2.05) is 31.6 Å². The zero-order valence-electron chi connectivity index (χ0n) is 14.0. The molecule has 0 radical (unpaired) electrons. The fraction of sp³-hybridized carbons (Fsp3) is 0.222. The number of aromatic nitrogens is 2. The predicted molar refractivity (Wildman–Crippen MR) is 89.1 cm³/mol. The van der Waals surface area contributed by atoms with Gasteiger partial charge in [0.05, 0.1) is 13.2 Å². The number of aryl methyl sites for hydroxylation is 1. The van der Waals surface area contributed by atoms with Crippen molar-refractivity contribution >= 4 is 11.7 Å². The van der Waals surface area contributed by atoms with Gasteiger partial charge in [-0.05, 0) is 30.3 Å². The first-order chi connectivity index (χ1) is 11.5. The summed E-state index contributed by atoms with van der Waals surface area (Å²) in [6.45, 7) is 0.453. The quantitative estimate of drug-likeness (QED) is 0.692. The lowest BCUT2D eigenvalue weighted by Crippen LogP contribution is -2.25. The van der Waals surface area contributed by atoms with Crippen molar-refractivity contribution in [2.45, 2.75) is 6.61 Å². The Balaban J connectivity index is 1.66. The van der Waals surface area contributed by atoms with E-state index in [0.717, 1.165) is 17.1 Å². The topological polar surface area (TPSA) is 47.8 Å². The fourth-order valence-corrected chi connectivity index (χ4v) is 2.32. The fourth-order valence-electron chi connectivity index (χ4n) is 2.32. The van der Waals surface area contributed by atoms with Crippen LogP contribution in [0.4, 0.5) is 4.79 Å². The number of ether oxygens (including phenoxy) is 2. The van der Waals surface area contributed by atoms with Crippen LogP contribution in [0, 0.1) is 0 Å². The molecule has 0 saturated carbocycles. The summed E-state index contributed by atoms with van der Waals surface area (Å²) in [4.78, 5) is 12.9. The normalized spacial score (nSPS) is 10.6. The Kier molecular flexibility index (Phi) is 4.37. The van der Waals surface area contributed by atoms with Crippen molar-refractivity contribution in [1.29, 1.82) is 0 Å². The molecule has 6 nitrogen and oxygen atoms in total. The van der Waals surface area contributed by atoms with Crippen molar-refractivity contribution in [2.75, 3.05) is 14.1 Å². The largest absolute Gasteiger partial charge is 0.485 e. The van der Waals surface area contributed by atoms with Gasteiger partial charge in [0, 0.05) is 20.2 Å². The average Bonchev–Trinajstić information content (AvgIpc) is 2.90. The van der Waals surface area contributed by atoms with Crippen molar-refractivity contribution in [2.24, 2.45) is 7.05 Å². The number of amides is 1. The number of carbonyl (C=O) groups excluding carboxylic acids is 1. The lowest BCUT2D eigenvalue weighted by atomic mass is 10.3. The van der Waals surface area contributed by atoms with E-state index >= 15 is 0 Å². The van der Waals surface area contributed by atoms with Gasteiger partial charge < -0.3 is 14.4 Å². The Labute approximate surface area is 140 Å². The van der Waals surface area contributed by atoms with E-state index in [1.54, 1.807) is 38.4 Å². The number of imidazole rings is 1. The van der Waals surface area contributed by atoms with Gasteiger partial charge in [-0.2, -0.15) is 0 Å². The van der Waals surface area contributed by atoms with Crippen LogP contribution in [0.3, 0.4) is 0 Å². The Bertz CT molecular complexity index is 854. The predicted octanol–water partition coefficient (Wildman–Crippen LogP) is 2.40. The number of hydrogen-bond donors (Lipinski definition) is 0. The highest BCUT2D eigenvalue weighted by Gasteiger charge is 2.14. The molecule has 0 atom stereocenters. The van der Waals surface area contributed by atoms with E-state index in [0.29, 0.717) is 12.4 Å². The zero-order chi connectivity index (χ0) is 17.1. The Morgan fingerprint density at radius 2 is 1.83 bits per heavy atom. The molecule has 1 amide bonds. The summed E-state index contributed by atoms with van der Waals surface area (Å²) in [6, 6.07) is 13.1. The average molecular weight is 326 g/mol. The molecule has 0 unspecified atom stereocenters.